The summed E-state index contributed by atoms with van der Waals surface area (Å²) in [5, 5.41) is 9.34. The topological polar surface area (TPSA) is 63.6 Å². The number of halogens is 3. The Balaban J connectivity index is -0.000000252. The van der Waals surface area contributed by atoms with Crippen LogP contribution in [-0.4, -0.2) is 40.2 Å². The Bertz CT molecular complexity index is 306. The number of hydrogen-bond donors (Lipinski definition) is 1. The molecular weight excluding hydrogens is 427 g/mol. The van der Waals surface area contributed by atoms with Crippen LogP contribution in [0, 0.1) is 0 Å². The van der Waals surface area contributed by atoms with Crippen LogP contribution in [-0.2, 0) is 14.3 Å². The lowest BCUT2D eigenvalue weighted by Crippen LogP contribution is -2.06. The molecule has 0 aromatic carbocycles. The molecule has 7 heteroatoms. The van der Waals surface area contributed by atoms with Crippen LogP contribution in [0.3, 0.4) is 0 Å². The van der Waals surface area contributed by atoms with Crippen LogP contribution in [0.1, 0.15) is 26.7 Å². The molecule has 0 rings (SSSR count). The number of carbonyl (C=O) groups is 2. The zero-order valence-corrected chi connectivity index (χ0v) is 16.4. The summed E-state index contributed by atoms with van der Waals surface area (Å²) in [6, 6.07) is 0. The van der Waals surface area contributed by atoms with Gasteiger partial charge < -0.3 is 9.84 Å². The quantitative estimate of drug-likeness (QED) is 0.210. The van der Waals surface area contributed by atoms with Gasteiger partial charge >= 0.3 is 5.97 Å². The third-order valence-electron chi connectivity index (χ3n) is 1.49. The van der Waals surface area contributed by atoms with Crippen molar-refractivity contribution in [3.05, 3.63) is 24.3 Å². The van der Waals surface area contributed by atoms with Gasteiger partial charge in [0.05, 0.1) is 6.61 Å². The van der Waals surface area contributed by atoms with Gasteiger partial charge in [-0.05, 0) is 38.3 Å². The lowest BCUT2D eigenvalue weighted by atomic mass is 10.4. The number of hydrogen-bond acceptors (Lipinski definition) is 4. The highest BCUT2D eigenvalue weighted by Crippen LogP contribution is 1.94. The van der Waals surface area contributed by atoms with Crippen LogP contribution in [0.2, 0.25) is 0 Å². The van der Waals surface area contributed by atoms with E-state index in [1.54, 1.807) is 13.8 Å². The van der Waals surface area contributed by atoms with Gasteiger partial charge in [-0.15, -0.1) is 0 Å². The van der Waals surface area contributed by atoms with E-state index in [1.807, 2.05) is 0 Å². The summed E-state index contributed by atoms with van der Waals surface area (Å²) in [6.45, 7) is 10.7. The summed E-state index contributed by atoms with van der Waals surface area (Å²) in [5.74, 6) is -0.305. The van der Waals surface area contributed by atoms with Gasteiger partial charge in [0.2, 0.25) is 5.24 Å². The maximum atomic E-state index is 10.7. The van der Waals surface area contributed by atoms with Gasteiger partial charge in [-0.3, -0.25) is 4.79 Å². The molecule has 0 saturated carbocycles. The Morgan fingerprint density at radius 1 is 1.10 bits per heavy atom. The molecule has 0 amide bonds. The molecule has 4 nitrogen and oxygen atoms in total. The number of rotatable bonds is 7. The smallest absolute Gasteiger partial charge is 0.333 e. The van der Waals surface area contributed by atoms with Crippen molar-refractivity contribution in [2.75, 3.05) is 23.9 Å². The fraction of sp³-hybridized carbons (Fsp3) is 0.571. The lowest BCUT2D eigenvalue weighted by molar-refractivity contribution is -0.138. The van der Waals surface area contributed by atoms with Crippen LogP contribution in [0.25, 0.3) is 0 Å². The first-order chi connectivity index (χ1) is 9.74. The molecule has 0 aromatic heterocycles. The second kappa shape index (κ2) is 19.8. The summed E-state index contributed by atoms with van der Waals surface area (Å²) >= 11 is 11.2. The van der Waals surface area contributed by atoms with Gasteiger partial charge in [-0.25, -0.2) is 4.79 Å². The normalized spacial score (nSPS) is 8.48. The summed E-state index contributed by atoms with van der Waals surface area (Å²) in [7, 11) is 0. The fourth-order valence-corrected chi connectivity index (χ4v) is 0.882. The number of ether oxygens (including phenoxy) is 1. The summed E-state index contributed by atoms with van der Waals surface area (Å²) < 4.78 is 4.78. The number of aliphatic hydroxyl groups excluding tert-OH is 1. The maximum Gasteiger partial charge on any atom is 0.333 e. The molecule has 0 spiro atoms. The average Bonchev–Trinajstić information content (AvgIpc) is 2.41. The standard InChI is InChI=1S/C7H11BrO2.C4H5ClO.C3H7BrO/c1-6(2)7(9)10-5-3-4-8;1-3(2)4(5)6;4-2-1-3-5/h1,3-5H2,2H3;1H2,2H3;5H,1-3H2. The van der Waals surface area contributed by atoms with Crippen molar-refractivity contribution in [3.63, 3.8) is 0 Å². The number of carbonyl (C=O) groups excluding carboxylic acids is 2. The van der Waals surface area contributed by atoms with Crippen LogP contribution in [0.4, 0.5) is 0 Å². The SMILES string of the molecule is C=C(C)C(=O)Cl.C=C(C)C(=O)OCCCBr.OCCCBr. The second-order valence-corrected chi connectivity index (χ2v) is 5.71. The minimum Gasteiger partial charge on any atom is -0.462 e. The molecule has 0 atom stereocenters. The molecule has 0 aliphatic heterocycles. The lowest BCUT2D eigenvalue weighted by Gasteiger charge is -2.00. The molecule has 124 valence electrons. The molecule has 21 heavy (non-hydrogen) atoms. The fourth-order valence-electron chi connectivity index (χ4n) is 0.402. The Kier molecular flexibility index (Phi) is 24.3. The van der Waals surface area contributed by atoms with E-state index < -0.39 is 5.24 Å². The highest BCUT2D eigenvalue weighted by atomic mass is 79.9. The zero-order chi connectivity index (χ0) is 17.3. The second-order valence-electron chi connectivity index (χ2n) is 3.78. The predicted molar refractivity (Wildman–Crippen MR) is 95.4 cm³/mol. The van der Waals surface area contributed by atoms with Gasteiger partial charge in [0.1, 0.15) is 0 Å². The predicted octanol–water partition coefficient (Wildman–Crippen LogP) is 3.98. The molecule has 0 fully saturated rings. The van der Waals surface area contributed by atoms with Crippen LogP contribution in [0.5, 0.6) is 0 Å². The van der Waals surface area contributed by atoms with Gasteiger partial charge in [0, 0.05) is 28.4 Å². The van der Waals surface area contributed by atoms with E-state index in [2.05, 4.69) is 45.0 Å². The molecule has 0 unspecified atom stereocenters. The highest BCUT2D eigenvalue weighted by Gasteiger charge is 2.00. The van der Waals surface area contributed by atoms with Gasteiger partial charge in [0.15, 0.2) is 0 Å². The Morgan fingerprint density at radius 2 is 1.52 bits per heavy atom. The van der Waals surface area contributed by atoms with Crippen molar-refractivity contribution in [3.8, 4) is 0 Å². The molecule has 0 heterocycles. The third-order valence-corrected chi connectivity index (χ3v) is 2.93. The zero-order valence-electron chi connectivity index (χ0n) is 12.5. The number of allylic oxidation sites excluding steroid dienone is 1. The monoisotopic (exact) mass is 448 g/mol. The molecule has 0 radical (unpaired) electrons. The molecule has 0 aliphatic carbocycles. The molecule has 0 aliphatic rings. The molecule has 1 N–H and O–H groups in total. The van der Waals surface area contributed by atoms with E-state index in [-0.39, 0.29) is 5.97 Å². The first kappa shape index (κ1) is 25.8. The highest BCUT2D eigenvalue weighted by molar-refractivity contribution is 9.09. The molecule has 0 saturated heterocycles. The van der Waals surface area contributed by atoms with Gasteiger partial charge in [0.25, 0.3) is 0 Å². The third kappa shape index (κ3) is 28.7. The van der Waals surface area contributed by atoms with E-state index in [0.717, 1.165) is 23.5 Å². The van der Waals surface area contributed by atoms with Crippen LogP contribution < -0.4 is 0 Å². The minimum absolute atomic E-state index is 0.297. The van der Waals surface area contributed by atoms with Gasteiger partial charge in [-0.2, -0.15) is 0 Å². The van der Waals surface area contributed by atoms with Crippen molar-refractivity contribution >= 4 is 54.7 Å². The first-order valence-electron chi connectivity index (χ1n) is 6.15. The molecule has 0 aromatic rings. The van der Waals surface area contributed by atoms with E-state index in [1.165, 1.54) is 0 Å². The molecule has 0 bridgehead atoms. The number of alkyl halides is 2. The summed E-state index contributed by atoms with van der Waals surface area (Å²) in [5.41, 5.74) is 0.839. The molecular formula is C14H23Br2ClO4. The first-order valence-corrected chi connectivity index (χ1v) is 8.77. The van der Waals surface area contributed by atoms with Crippen molar-refractivity contribution in [2.24, 2.45) is 0 Å². The van der Waals surface area contributed by atoms with E-state index in [4.69, 9.17) is 21.4 Å². The Morgan fingerprint density at radius 3 is 1.71 bits per heavy atom. The van der Waals surface area contributed by atoms with Crippen molar-refractivity contribution in [1.82, 2.24) is 0 Å². The summed E-state index contributed by atoms with van der Waals surface area (Å²) in [4.78, 5) is 20.5. The van der Waals surface area contributed by atoms with Crippen LogP contribution in [0.15, 0.2) is 24.3 Å². The number of aliphatic hydroxyl groups is 1. The maximum absolute atomic E-state index is 10.7. The van der Waals surface area contributed by atoms with Gasteiger partial charge in [-0.1, -0.05) is 45.0 Å². The number of esters is 1. The average molecular weight is 451 g/mol. The Labute approximate surface area is 148 Å². The van der Waals surface area contributed by atoms with Crippen LogP contribution >= 0.6 is 43.5 Å². The van der Waals surface area contributed by atoms with E-state index >= 15 is 0 Å². The van der Waals surface area contributed by atoms with E-state index in [0.29, 0.717) is 24.4 Å². The van der Waals surface area contributed by atoms with Crippen molar-refractivity contribution in [2.45, 2.75) is 26.7 Å². The summed E-state index contributed by atoms with van der Waals surface area (Å²) in [6.07, 6.45) is 1.71. The minimum atomic E-state index is -0.463. The van der Waals surface area contributed by atoms with Crippen molar-refractivity contribution in [1.29, 1.82) is 0 Å². The Hall–Kier alpha value is -0.170. The van der Waals surface area contributed by atoms with E-state index in [9.17, 15) is 9.59 Å². The largest absolute Gasteiger partial charge is 0.462 e. The van der Waals surface area contributed by atoms with Crippen molar-refractivity contribution < 1.29 is 19.4 Å².